The summed E-state index contributed by atoms with van der Waals surface area (Å²) in [6.07, 6.45) is 0.222. The number of benzene rings is 1. The fourth-order valence-electron chi connectivity index (χ4n) is 3.49. The van der Waals surface area contributed by atoms with E-state index in [-0.39, 0.29) is 18.1 Å². The number of nitrogens with one attached hydrogen (secondary N) is 1. The Labute approximate surface area is 135 Å². The van der Waals surface area contributed by atoms with Gasteiger partial charge in [0.2, 0.25) is 0 Å². The van der Waals surface area contributed by atoms with Crippen LogP contribution >= 0.6 is 0 Å². The lowest BCUT2D eigenvalue weighted by Crippen LogP contribution is -2.45. The van der Waals surface area contributed by atoms with Gasteiger partial charge in [-0.1, -0.05) is 11.6 Å². The molecule has 3 N–H and O–H groups in total. The SMILES string of the molecule is Cc1cc(C)c2[nH]c(=O)c(CN3CC[C@H](CO)[C@@H](O)C3)cc2c1. The Morgan fingerprint density at radius 1 is 1.30 bits per heavy atom. The molecule has 0 saturated carbocycles. The van der Waals surface area contributed by atoms with Crippen LogP contribution in [0.4, 0.5) is 0 Å². The quantitative estimate of drug-likeness (QED) is 0.798. The Morgan fingerprint density at radius 2 is 2.09 bits per heavy atom. The van der Waals surface area contributed by atoms with Crippen LogP contribution < -0.4 is 5.56 Å². The Balaban J connectivity index is 1.86. The van der Waals surface area contributed by atoms with Crippen molar-refractivity contribution >= 4 is 10.9 Å². The number of aliphatic hydroxyl groups is 2. The van der Waals surface area contributed by atoms with Crippen molar-refractivity contribution in [2.45, 2.75) is 32.9 Å². The maximum Gasteiger partial charge on any atom is 0.252 e. The van der Waals surface area contributed by atoms with E-state index in [4.69, 9.17) is 0 Å². The molecule has 2 atom stereocenters. The van der Waals surface area contributed by atoms with E-state index >= 15 is 0 Å². The van der Waals surface area contributed by atoms with Gasteiger partial charge >= 0.3 is 0 Å². The molecule has 0 bridgehead atoms. The normalized spacial score (nSPS) is 22.6. The molecule has 1 aliphatic rings. The highest BCUT2D eigenvalue weighted by atomic mass is 16.3. The number of likely N-dealkylation sites (tertiary alicyclic amines) is 1. The summed E-state index contributed by atoms with van der Waals surface area (Å²) in [6, 6.07) is 6.10. The Morgan fingerprint density at radius 3 is 2.78 bits per heavy atom. The van der Waals surface area contributed by atoms with E-state index in [1.165, 1.54) is 5.56 Å². The van der Waals surface area contributed by atoms with Crippen LogP contribution in [0, 0.1) is 19.8 Å². The van der Waals surface area contributed by atoms with Crippen molar-refractivity contribution in [1.82, 2.24) is 9.88 Å². The largest absolute Gasteiger partial charge is 0.396 e. The van der Waals surface area contributed by atoms with E-state index in [0.29, 0.717) is 13.1 Å². The van der Waals surface area contributed by atoms with Crippen LogP contribution in [0.3, 0.4) is 0 Å². The van der Waals surface area contributed by atoms with Gasteiger partial charge < -0.3 is 15.2 Å². The summed E-state index contributed by atoms with van der Waals surface area (Å²) in [5.74, 6) is -0.0496. The molecule has 124 valence electrons. The number of nitrogens with zero attached hydrogens (tertiary/aromatic N) is 1. The topological polar surface area (TPSA) is 76.6 Å². The van der Waals surface area contributed by atoms with Gasteiger partial charge in [0.05, 0.1) is 11.6 Å². The van der Waals surface area contributed by atoms with Gasteiger partial charge in [-0.2, -0.15) is 0 Å². The first-order valence-corrected chi connectivity index (χ1v) is 8.12. The lowest BCUT2D eigenvalue weighted by Gasteiger charge is -2.34. The summed E-state index contributed by atoms with van der Waals surface area (Å²) >= 11 is 0. The zero-order valence-electron chi connectivity index (χ0n) is 13.7. The molecule has 5 nitrogen and oxygen atoms in total. The molecule has 2 aromatic rings. The lowest BCUT2D eigenvalue weighted by atomic mass is 9.94. The number of aryl methyl sites for hydroxylation is 2. The smallest absolute Gasteiger partial charge is 0.252 e. The minimum Gasteiger partial charge on any atom is -0.396 e. The highest BCUT2D eigenvalue weighted by Crippen LogP contribution is 2.21. The van der Waals surface area contributed by atoms with E-state index in [1.807, 2.05) is 19.9 Å². The summed E-state index contributed by atoms with van der Waals surface area (Å²) in [6.45, 7) is 5.87. The van der Waals surface area contributed by atoms with Crippen molar-refractivity contribution < 1.29 is 10.2 Å². The summed E-state index contributed by atoms with van der Waals surface area (Å²) in [4.78, 5) is 17.4. The van der Waals surface area contributed by atoms with E-state index in [1.54, 1.807) is 0 Å². The first-order chi connectivity index (χ1) is 11.0. The number of hydrogen-bond donors (Lipinski definition) is 3. The molecular formula is C18H24N2O3. The van der Waals surface area contributed by atoms with Gasteiger partial charge in [0.15, 0.2) is 0 Å². The Kier molecular flexibility index (Phi) is 4.53. The molecule has 1 fully saturated rings. The number of fused-ring (bicyclic) bond motifs is 1. The number of piperidine rings is 1. The van der Waals surface area contributed by atoms with E-state index in [9.17, 15) is 15.0 Å². The van der Waals surface area contributed by atoms with Crippen LogP contribution in [-0.4, -0.2) is 45.9 Å². The van der Waals surface area contributed by atoms with Crippen molar-refractivity contribution in [2.75, 3.05) is 19.7 Å². The molecule has 0 amide bonds. The Hall–Kier alpha value is -1.69. The van der Waals surface area contributed by atoms with Crippen molar-refractivity contribution in [3.05, 3.63) is 45.2 Å². The van der Waals surface area contributed by atoms with Crippen LogP contribution in [0.2, 0.25) is 0 Å². The lowest BCUT2D eigenvalue weighted by molar-refractivity contribution is -0.00454. The minimum absolute atomic E-state index is 0.0180. The number of β-amino-alcohol motifs (C(OH)–C–C–N with tert-alkyl or cyclic N) is 1. The molecule has 0 aliphatic carbocycles. The van der Waals surface area contributed by atoms with E-state index < -0.39 is 6.10 Å². The third-order valence-corrected chi connectivity index (χ3v) is 4.80. The zero-order valence-corrected chi connectivity index (χ0v) is 13.7. The van der Waals surface area contributed by atoms with Crippen LogP contribution in [0.1, 0.15) is 23.1 Å². The van der Waals surface area contributed by atoms with E-state index in [2.05, 4.69) is 22.0 Å². The highest BCUT2D eigenvalue weighted by molar-refractivity contribution is 5.82. The Bertz CT molecular complexity index is 769. The van der Waals surface area contributed by atoms with Gasteiger partial charge in [-0.25, -0.2) is 0 Å². The standard InChI is InChI=1S/C18H24N2O3/c1-11-5-12(2)17-14(6-11)7-15(18(23)19-17)8-20-4-3-13(10-21)16(22)9-20/h5-7,13,16,21-22H,3-4,8-10H2,1-2H3,(H,19,23)/t13-,16+/m1/s1. The number of aliphatic hydroxyl groups excluding tert-OH is 2. The second kappa shape index (κ2) is 6.43. The molecule has 0 radical (unpaired) electrons. The molecule has 3 rings (SSSR count). The molecule has 23 heavy (non-hydrogen) atoms. The fraction of sp³-hybridized carbons (Fsp3) is 0.500. The van der Waals surface area contributed by atoms with E-state index in [0.717, 1.165) is 35.0 Å². The zero-order chi connectivity index (χ0) is 16.6. The van der Waals surface area contributed by atoms with Gasteiger partial charge in [0, 0.05) is 31.2 Å². The van der Waals surface area contributed by atoms with Gasteiger partial charge in [-0.3, -0.25) is 9.69 Å². The van der Waals surface area contributed by atoms with Gasteiger partial charge in [0.25, 0.3) is 5.56 Å². The van der Waals surface area contributed by atoms with Gasteiger partial charge in [0.1, 0.15) is 0 Å². The summed E-state index contributed by atoms with van der Waals surface area (Å²) < 4.78 is 0. The van der Waals surface area contributed by atoms with Crippen molar-refractivity contribution in [3.63, 3.8) is 0 Å². The number of H-pyrrole nitrogens is 1. The molecule has 2 heterocycles. The predicted molar refractivity (Wildman–Crippen MR) is 90.5 cm³/mol. The number of aromatic amines is 1. The molecule has 1 aromatic heterocycles. The van der Waals surface area contributed by atoms with Crippen molar-refractivity contribution in [2.24, 2.45) is 5.92 Å². The average molecular weight is 316 g/mol. The fourth-order valence-corrected chi connectivity index (χ4v) is 3.49. The molecule has 1 saturated heterocycles. The molecule has 5 heteroatoms. The monoisotopic (exact) mass is 316 g/mol. The summed E-state index contributed by atoms with van der Waals surface area (Å²) in [5.41, 5.74) is 3.79. The first kappa shape index (κ1) is 16.2. The van der Waals surface area contributed by atoms with Crippen molar-refractivity contribution in [3.8, 4) is 0 Å². The molecular weight excluding hydrogens is 292 g/mol. The van der Waals surface area contributed by atoms with Crippen LogP contribution in [0.25, 0.3) is 10.9 Å². The third-order valence-electron chi connectivity index (χ3n) is 4.80. The minimum atomic E-state index is -0.530. The maximum absolute atomic E-state index is 12.4. The predicted octanol–water partition coefficient (Wildman–Crippen LogP) is 1.32. The number of rotatable bonds is 3. The number of pyridine rings is 1. The second-order valence-corrected chi connectivity index (χ2v) is 6.70. The maximum atomic E-state index is 12.4. The highest BCUT2D eigenvalue weighted by Gasteiger charge is 2.27. The molecule has 1 aromatic carbocycles. The van der Waals surface area contributed by atoms with Crippen LogP contribution in [0.5, 0.6) is 0 Å². The van der Waals surface area contributed by atoms with Crippen molar-refractivity contribution in [1.29, 1.82) is 0 Å². The summed E-state index contributed by atoms with van der Waals surface area (Å²) in [7, 11) is 0. The van der Waals surface area contributed by atoms with Crippen LogP contribution in [-0.2, 0) is 6.54 Å². The average Bonchev–Trinajstić information content (AvgIpc) is 2.49. The molecule has 0 unspecified atom stereocenters. The van der Waals surface area contributed by atoms with Gasteiger partial charge in [-0.15, -0.1) is 0 Å². The molecule has 0 spiro atoms. The number of aromatic nitrogens is 1. The second-order valence-electron chi connectivity index (χ2n) is 6.70. The first-order valence-electron chi connectivity index (χ1n) is 8.12. The summed E-state index contributed by atoms with van der Waals surface area (Å²) in [5, 5.41) is 20.3. The third kappa shape index (κ3) is 3.32. The van der Waals surface area contributed by atoms with Gasteiger partial charge in [-0.05, 0) is 49.9 Å². The van der Waals surface area contributed by atoms with Crippen LogP contribution in [0.15, 0.2) is 23.0 Å². The number of hydrogen-bond acceptors (Lipinski definition) is 4. The molecule has 1 aliphatic heterocycles.